The Morgan fingerprint density at radius 1 is 0.949 bits per heavy atom. The zero-order valence-corrected chi connectivity index (χ0v) is 23.2. The number of hydrogen-bond donors (Lipinski definition) is 3. The minimum Gasteiger partial charge on any atom is -0.392 e. The van der Waals surface area contributed by atoms with E-state index in [1.807, 2.05) is 92.8 Å². The van der Waals surface area contributed by atoms with Gasteiger partial charge >= 0.3 is 0 Å². The van der Waals surface area contributed by atoms with Crippen molar-refractivity contribution in [3.63, 3.8) is 0 Å². The number of aliphatic hydroxyl groups is 2. The Morgan fingerprint density at radius 2 is 1.56 bits per heavy atom. The molecular weight excluding hydrogens is 492 g/mol. The molecule has 1 aliphatic heterocycles. The van der Waals surface area contributed by atoms with E-state index < -0.39 is 12.4 Å². The van der Waals surface area contributed by atoms with Gasteiger partial charge in [-0.2, -0.15) is 0 Å². The van der Waals surface area contributed by atoms with Crippen LogP contribution in [0.1, 0.15) is 67.1 Å². The van der Waals surface area contributed by atoms with Gasteiger partial charge in [0.1, 0.15) is 0 Å². The Bertz CT molecular complexity index is 1190. The Balaban J connectivity index is 1.55. The lowest BCUT2D eigenvalue weighted by atomic mass is 9.89. The van der Waals surface area contributed by atoms with E-state index in [-0.39, 0.29) is 36.7 Å². The maximum absolute atomic E-state index is 11.3. The summed E-state index contributed by atoms with van der Waals surface area (Å²) in [7, 11) is 2.01. The number of aliphatic hydroxyl groups excluding tert-OH is 2. The molecule has 0 unspecified atom stereocenters. The Labute approximate surface area is 231 Å². The van der Waals surface area contributed by atoms with Crippen molar-refractivity contribution >= 4 is 5.91 Å². The molecule has 1 amide bonds. The van der Waals surface area contributed by atoms with Crippen LogP contribution in [0.2, 0.25) is 0 Å². The molecule has 3 aromatic carbocycles. The maximum Gasteiger partial charge on any atom is 0.217 e. The zero-order valence-electron chi connectivity index (χ0n) is 23.2. The molecule has 4 rings (SSSR count). The average Bonchev–Trinajstić information content (AvgIpc) is 2.97. The van der Waals surface area contributed by atoms with Gasteiger partial charge in [-0.05, 0) is 36.2 Å². The number of likely N-dealkylation sites (N-methyl/N-ethyl adjacent to an activating group) is 1. The monoisotopic (exact) mass is 532 g/mol. The third kappa shape index (κ3) is 7.32. The van der Waals surface area contributed by atoms with Crippen LogP contribution in [0, 0.1) is 5.92 Å². The van der Waals surface area contributed by atoms with E-state index in [9.17, 15) is 15.0 Å². The molecule has 0 saturated carbocycles. The van der Waals surface area contributed by atoms with Crippen molar-refractivity contribution in [3.8, 4) is 0 Å². The highest BCUT2D eigenvalue weighted by molar-refractivity contribution is 5.72. The Morgan fingerprint density at radius 3 is 2.18 bits per heavy atom. The lowest BCUT2D eigenvalue weighted by molar-refractivity contribution is -0.276. The molecular formula is C32H40N2O5. The topological polar surface area (TPSA) is 91.3 Å². The lowest BCUT2D eigenvalue weighted by Crippen LogP contribution is -2.46. The van der Waals surface area contributed by atoms with Crippen LogP contribution in [-0.2, 0) is 27.4 Å². The number of rotatable bonds is 10. The van der Waals surface area contributed by atoms with Crippen LogP contribution in [-0.4, -0.2) is 46.8 Å². The second kappa shape index (κ2) is 13.3. The molecule has 0 aliphatic carbocycles. The third-order valence-electron chi connectivity index (χ3n) is 7.68. The van der Waals surface area contributed by atoms with Crippen molar-refractivity contribution < 1.29 is 24.5 Å². The largest absolute Gasteiger partial charge is 0.392 e. The molecule has 0 radical (unpaired) electrons. The van der Waals surface area contributed by atoms with Crippen LogP contribution in [0.5, 0.6) is 0 Å². The van der Waals surface area contributed by atoms with Gasteiger partial charge in [0.2, 0.25) is 5.91 Å². The molecule has 3 aromatic rings. The van der Waals surface area contributed by atoms with Gasteiger partial charge in [0.15, 0.2) is 6.29 Å². The number of carbonyl (C=O) groups excluding carboxylic acids is 1. The number of nitrogens with one attached hydrogen (secondary N) is 1. The molecule has 1 saturated heterocycles. The molecule has 39 heavy (non-hydrogen) atoms. The van der Waals surface area contributed by atoms with Gasteiger partial charge in [0.05, 0.1) is 24.9 Å². The quantitative estimate of drug-likeness (QED) is 0.352. The highest BCUT2D eigenvalue weighted by Crippen LogP contribution is 2.42. The van der Waals surface area contributed by atoms with Crippen LogP contribution >= 0.6 is 0 Å². The molecule has 3 N–H and O–H groups in total. The number of nitrogens with zero attached hydrogens (tertiary/aromatic N) is 1. The van der Waals surface area contributed by atoms with E-state index in [1.165, 1.54) is 6.92 Å². The summed E-state index contributed by atoms with van der Waals surface area (Å²) in [6.45, 7) is 6.73. The second-order valence-corrected chi connectivity index (χ2v) is 10.5. The summed E-state index contributed by atoms with van der Waals surface area (Å²) in [4.78, 5) is 13.4. The van der Waals surface area contributed by atoms with Crippen LogP contribution in [0.3, 0.4) is 0 Å². The van der Waals surface area contributed by atoms with Crippen molar-refractivity contribution in [2.24, 2.45) is 5.92 Å². The van der Waals surface area contributed by atoms with E-state index in [1.54, 1.807) is 0 Å². The summed E-state index contributed by atoms with van der Waals surface area (Å²) in [6, 6.07) is 25.4. The van der Waals surface area contributed by atoms with Gasteiger partial charge in [-0.1, -0.05) is 85.8 Å². The van der Waals surface area contributed by atoms with Gasteiger partial charge in [-0.3, -0.25) is 9.69 Å². The molecule has 7 nitrogen and oxygen atoms in total. The summed E-state index contributed by atoms with van der Waals surface area (Å²) in [6.07, 6.45) is -1.59. The summed E-state index contributed by atoms with van der Waals surface area (Å²) >= 11 is 0. The fourth-order valence-corrected chi connectivity index (χ4v) is 4.97. The smallest absolute Gasteiger partial charge is 0.217 e. The number of ether oxygens (including phenoxy) is 2. The van der Waals surface area contributed by atoms with Crippen molar-refractivity contribution in [1.29, 1.82) is 0 Å². The van der Waals surface area contributed by atoms with Crippen LogP contribution in [0.4, 0.5) is 0 Å². The van der Waals surface area contributed by atoms with Crippen LogP contribution in [0.25, 0.3) is 0 Å². The SMILES string of the molecule is CC(=O)NCc1ccc([C@H]2O[C@@H](CN(C)[C@H](C)[C@@H](O)c3ccccc3)[C@@H](C)[C@@H](c3ccc(CO)cc3)O2)cc1. The molecule has 0 bridgehead atoms. The molecule has 1 aliphatic rings. The minimum absolute atomic E-state index is 0.00697. The van der Waals surface area contributed by atoms with Gasteiger partial charge in [0, 0.05) is 37.5 Å². The number of carbonyl (C=O) groups is 1. The van der Waals surface area contributed by atoms with E-state index in [4.69, 9.17) is 9.47 Å². The average molecular weight is 533 g/mol. The van der Waals surface area contributed by atoms with Crippen molar-refractivity contribution in [2.75, 3.05) is 13.6 Å². The highest BCUT2D eigenvalue weighted by atomic mass is 16.7. The highest BCUT2D eigenvalue weighted by Gasteiger charge is 2.39. The summed E-state index contributed by atoms with van der Waals surface area (Å²) in [5.74, 6) is -0.0376. The van der Waals surface area contributed by atoms with Crippen molar-refractivity contribution in [2.45, 2.75) is 64.6 Å². The van der Waals surface area contributed by atoms with Crippen molar-refractivity contribution in [3.05, 3.63) is 107 Å². The molecule has 1 heterocycles. The predicted octanol–water partition coefficient (Wildman–Crippen LogP) is 4.66. The molecule has 7 heteroatoms. The van der Waals surface area contributed by atoms with Gasteiger partial charge < -0.3 is 25.0 Å². The summed E-state index contributed by atoms with van der Waals surface area (Å²) in [5, 5.41) is 23.3. The molecule has 208 valence electrons. The minimum atomic E-state index is -0.625. The van der Waals surface area contributed by atoms with E-state index in [0.717, 1.165) is 27.8 Å². The zero-order chi connectivity index (χ0) is 27.9. The van der Waals surface area contributed by atoms with E-state index >= 15 is 0 Å². The van der Waals surface area contributed by atoms with Gasteiger partial charge in [-0.15, -0.1) is 0 Å². The first-order chi connectivity index (χ1) is 18.8. The first kappa shape index (κ1) is 28.9. The number of hydrogen-bond acceptors (Lipinski definition) is 6. The first-order valence-electron chi connectivity index (χ1n) is 13.5. The molecule has 6 atom stereocenters. The fourth-order valence-electron chi connectivity index (χ4n) is 4.97. The van der Waals surface area contributed by atoms with E-state index in [0.29, 0.717) is 13.1 Å². The number of benzene rings is 3. The lowest BCUT2D eigenvalue weighted by Gasteiger charge is -2.43. The number of amides is 1. The van der Waals surface area contributed by atoms with Gasteiger partial charge in [-0.25, -0.2) is 0 Å². The summed E-state index contributed by atoms with van der Waals surface area (Å²) < 4.78 is 13.1. The molecule has 0 spiro atoms. The standard InChI is InChI=1S/C32H40N2O5/c1-21-29(19-34(4)22(2)30(37)26-8-6-5-7-9-26)38-32(28-16-10-24(11-17-28)18-33-23(3)36)39-31(21)27-14-12-25(20-35)13-15-27/h5-17,21-22,29-32,35,37H,18-20H2,1-4H3,(H,33,36)/t21-,22-,29+,30-,31+,32+/m1/s1. The second-order valence-electron chi connectivity index (χ2n) is 10.5. The van der Waals surface area contributed by atoms with Crippen LogP contribution in [0.15, 0.2) is 78.9 Å². The Hall–Kier alpha value is -3.07. The fraction of sp³-hybridized carbons (Fsp3) is 0.406. The van der Waals surface area contributed by atoms with Crippen LogP contribution < -0.4 is 5.32 Å². The first-order valence-corrected chi connectivity index (χ1v) is 13.5. The molecule has 0 aromatic heterocycles. The molecule has 1 fully saturated rings. The predicted molar refractivity (Wildman–Crippen MR) is 150 cm³/mol. The third-order valence-corrected chi connectivity index (χ3v) is 7.68. The normalized spacial score (nSPS) is 22.8. The Kier molecular flexibility index (Phi) is 9.88. The van der Waals surface area contributed by atoms with Gasteiger partial charge in [0.25, 0.3) is 0 Å². The maximum atomic E-state index is 11.3. The summed E-state index contributed by atoms with van der Waals surface area (Å²) in [5.41, 5.74) is 4.66. The van der Waals surface area contributed by atoms with E-state index in [2.05, 4.69) is 17.1 Å². The van der Waals surface area contributed by atoms with Crippen molar-refractivity contribution in [1.82, 2.24) is 10.2 Å².